The predicted molar refractivity (Wildman–Crippen MR) is 111 cm³/mol. The standard InChI is InChI=1S/C23H22ClFN2O3/c1-29-21-16(12-26)4-7-19(23(25)8-10-30-11-9-23)20(21)22(28)27-13-17(14-27)15-2-5-18(24)6-3-15/h2-7,17H,8-11,13-14H2,1H3. The van der Waals surface area contributed by atoms with Crippen molar-refractivity contribution >= 4 is 17.5 Å². The van der Waals surface area contributed by atoms with Crippen LogP contribution in [-0.4, -0.2) is 44.2 Å². The lowest BCUT2D eigenvalue weighted by Crippen LogP contribution is -2.49. The van der Waals surface area contributed by atoms with E-state index >= 15 is 4.39 Å². The van der Waals surface area contributed by atoms with Crippen LogP contribution in [0.25, 0.3) is 0 Å². The number of methoxy groups -OCH3 is 1. The average Bonchev–Trinajstić information content (AvgIpc) is 2.73. The molecule has 2 aromatic carbocycles. The van der Waals surface area contributed by atoms with E-state index in [2.05, 4.69) is 0 Å². The second-order valence-electron chi connectivity index (χ2n) is 7.72. The lowest BCUT2D eigenvalue weighted by molar-refractivity contribution is -0.0123. The van der Waals surface area contributed by atoms with Crippen LogP contribution < -0.4 is 4.74 Å². The largest absolute Gasteiger partial charge is 0.495 e. The maximum Gasteiger partial charge on any atom is 0.258 e. The van der Waals surface area contributed by atoms with Crippen molar-refractivity contribution in [2.45, 2.75) is 24.4 Å². The first kappa shape index (κ1) is 20.6. The number of alkyl halides is 1. The lowest BCUT2D eigenvalue weighted by Gasteiger charge is -2.41. The topological polar surface area (TPSA) is 62.6 Å². The van der Waals surface area contributed by atoms with Crippen LogP contribution in [0.15, 0.2) is 36.4 Å². The van der Waals surface area contributed by atoms with Crippen LogP contribution in [0.5, 0.6) is 5.75 Å². The molecule has 2 aliphatic rings. The minimum atomic E-state index is -1.69. The number of benzene rings is 2. The van der Waals surface area contributed by atoms with E-state index in [9.17, 15) is 10.1 Å². The van der Waals surface area contributed by atoms with Crippen molar-refractivity contribution in [1.29, 1.82) is 5.26 Å². The Morgan fingerprint density at radius 1 is 1.23 bits per heavy atom. The third-order valence-corrected chi connectivity index (χ3v) is 6.23. The van der Waals surface area contributed by atoms with Crippen molar-refractivity contribution < 1.29 is 18.7 Å². The molecule has 0 N–H and O–H groups in total. The zero-order valence-corrected chi connectivity index (χ0v) is 17.4. The Morgan fingerprint density at radius 2 is 1.90 bits per heavy atom. The SMILES string of the molecule is COc1c(C#N)ccc(C2(F)CCOCC2)c1C(=O)N1CC(c2ccc(Cl)cc2)C1. The number of likely N-dealkylation sites (tertiary alicyclic amines) is 1. The number of nitrogens with zero attached hydrogens (tertiary/aromatic N) is 2. The number of hydrogen-bond donors (Lipinski definition) is 0. The van der Waals surface area contributed by atoms with E-state index in [1.807, 2.05) is 30.3 Å². The smallest absolute Gasteiger partial charge is 0.258 e. The molecule has 2 heterocycles. The molecule has 0 atom stereocenters. The maximum atomic E-state index is 15.8. The van der Waals surface area contributed by atoms with Gasteiger partial charge in [-0.3, -0.25) is 4.79 Å². The van der Waals surface area contributed by atoms with Crippen LogP contribution in [0.1, 0.15) is 45.8 Å². The van der Waals surface area contributed by atoms with Crippen LogP contribution >= 0.6 is 11.6 Å². The van der Waals surface area contributed by atoms with Gasteiger partial charge in [-0.05, 0) is 23.8 Å². The van der Waals surface area contributed by atoms with E-state index in [1.165, 1.54) is 13.2 Å². The normalized spacial score (nSPS) is 18.4. The van der Waals surface area contributed by atoms with Crippen LogP contribution in [0.2, 0.25) is 5.02 Å². The summed E-state index contributed by atoms with van der Waals surface area (Å²) in [6, 6.07) is 12.7. The molecule has 0 unspecified atom stereocenters. The van der Waals surface area contributed by atoms with Gasteiger partial charge in [0.2, 0.25) is 0 Å². The number of rotatable bonds is 4. The zero-order valence-electron chi connectivity index (χ0n) is 16.7. The molecule has 2 saturated heterocycles. The fourth-order valence-electron chi connectivity index (χ4n) is 4.18. The molecule has 5 nitrogen and oxygen atoms in total. The molecule has 1 amide bonds. The van der Waals surface area contributed by atoms with Crippen molar-refractivity contribution in [3.8, 4) is 11.8 Å². The van der Waals surface area contributed by atoms with Crippen molar-refractivity contribution in [3.05, 3.63) is 63.7 Å². The number of carbonyl (C=O) groups excluding carboxylic acids is 1. The highest BCUT2D eigenvalue weighted by atomic mass is 35.5. The molecular weight excluding hydrogens is 407 g/mol. The highest BCUT2D eigenvalue weighted by Gasteiger charge is 2.42. The second kappa shape index (κ2) is 8.25. The minimum Gasteiger partial charge on any atom is -0.495 e. The highest BCUT2D eigenvalue weighted by Crippen LogP contribution is 2.43. The number of nitriles is 1. The Hall–Kier alpha value is -2.62. The zero-order chi connectivity index (χ0) is 21.3. The fourth-order valence-corrected chi connectivity index (χ4v) is 4.31. The number of amides is 1. The van der Waals surface area contributed by atoms with Gasteiger partial charge in [-0.2, -0.15) is 5.26 Å². The van der Waals surface area contributed by atoms with E-state index < -0.39 is 5.67 Å². The van der Waals surface area contributed by atoms with Gasteiger partial charge in [0.25, 0.3) is 5.91 Å². The van der Waals surface area contributed by atoms with E-state index in [0.717, 1.165) is 5.56 Å². The van der Waals surface area contributed by atoms with Gasteiger partial charge in [-0.15, -0.1) is 0 Å². The van der Waals surface area contributed by atoms with E-state index in [1.54, 1.807) is 11.0 Å². The molecule has 0 saturated carbocycles. The van der Waals surface area contributed by atoms with Crippen LogP contribution in [0.4, 0.5) is 4.39 Å². The monoisotopic (exact) mass is 428 g/mol. The van der Waals surface area contributed by atoms with Crippen molar-refractivity contribution in [2.24, 2.45) is 0 Å². The van der Waals surface area contributed by atoms with Gasteiger partial charge in [0.05, 0.1) is 18.2 Å². The number of carbonyl (C=O) groups is 1. The molecule has 2 aromatic rings. The van der Waals surface area contributed by atoms with Gasteiger partial charge in [-0.25, -0.2) is 4.39 Å². The maximum absolute atomic E-state index is 15.8. The van der Waals surface area contributed by atoms with Gasteiger partial charge >= 0.3 is 0 Å². The fraction of sp³-hybridized carbons (Fsp3) is 0.391. The third kappa shape index (κ3) is 3.64. The molecule has 0 spiro atoms. The Labute approximate surface area is 180 Å². The molecule has 2 aliphatic heterocycles. The summed E-state index contributed by atoms with van der Waals surface area (Å²) in [7, 11) is 1.40. The quantitative estimate of drug-likeness (QED) is 0.722. The highest BCUT2D eigenvalue weighted by molar-refractivity contribution is 6.30. The Kier molecular flexibility index (Phi) is 5.68. The molecule has 156 valence electrons. The number of ether oxygens (including phenoxy) is 2. The first-order chi connectivity index (χ1) is 14.5. The summed E-state index contributed by atoms with van der Waals surface area (Å²) >= 11 is 5.95. The van der Waals surface area contributed by atoms with Crippen LogP contribution in [0.3, 0.4) is 0 Å². The van der Waals surface area contributed by atoms with Crippen molar-refractivity contribution in [3.63, 3.8) is 0 Å². The number of halogens is 2. The average molecular weight is 429 g/mol. The summed E-state index contributed by atoms with van der Waals surface area (Å²) < 4.78 is 26.6. The van der Waals surface area contributed by atoms with Gasteiger partial charge in [0.15, 0.2) is 0 Å². The molecule has 2 fully saturated rings. The van der Waals surface area contributed by atoms with Crippen LogP contribution in [0, 0.1) is 11.3 Å². The molecule has 0 aliphatic carbocycles. The summed E-state index contributed by atoms with van der Waals surface area (Å²) in [5.41, 5.74) is 0.0604. The summed E-state index contributed by atoms with van der Waals surface area (Å²) in [5.74, 6) is 0.0216. The molecule has 0 radical (unpaired) electrons. The summed E-state index contributed by atoms with van der Waals surface area (Å²) in [6.45, 7) is 1.61. The Bertz CT molecular complexity index is 991. The van der Waals surface area contributed by atoms with Crippen molar-refractivity contribution in [2.75, 3.05) is 33.4 Å². The molecule has 30 heavy (non-hydrogen) atoms. The van der Waals surface area contributed by atoms with Gasteiger partial charge < -0.3 is 14.4 Å². The molecular formula is C23H22ClFN2O3. The first-order valence-electron chi connectivity index (χ1n) is 9.90. The molecule has 0 aromatic heterocycles. The summed E-state index contributed by atoms with van der Waals surface area (Å²) in [6.07, 6.45) is 0.325. The van der Waals surface area contributed by atoms with E-state index in [4.69, 9.17) is 21.1 Å². The predicted octanol–water partition coefficient (Wildman–Crippen LogP) is 4.44. The second-order valence-corrected chi connectivity index (χ2v) is 8.15. The lowest BCUT2D eigenvalue weighted by atomic mass is 9.82. The van der Waals surface area contributed by atoms with E-state index in [-0.39, 0.29) is 60.3 Å². The van der Waals surface area contributed by atoms with Crippen LogP contribution in [-0.2, 0) is 10.4 Å². The Morgan fingerprint density at radius 3 is 2.50 bits per heavy atom. The van der Waals surface area contributed by atoms with Gasteiger partial charge in [-0.1, -0.05) is 29.8 Å². The Balaban J connectivity index is 1.66. The van der Waals surface area contributed by atoms with Gasteiger partial charge in [0, 0.05) is 55.6 Å². The number of hydrogen-bond acceptors (Lipinski definition) is 4. The third-order valence-electron chi connectivity index (χ3n) is 5.97. The molecule has 7 heteroatoms. The van der Waals surface area contributed by atoms with E-state index in [0.29, 0.717) is 18.1 Å². The minimum absolute atomic E-state index is 0.137. The molecule has 0 bridgehead atoms. The van der Waals surface area contributed by atoms with Gasteiger partial charge in [0.1, 0.15) is 17.5 Å². The summed E-state index contributed by atoms with van der Waals surface area (Å²) in [4.78, 5) is 15.1. The molecule has 4 rings (SSSR count). The summed E-state index contributed by atoms with van der Waals surface area (Å²) in [5, 5.41) is 10.1. The van der Waals surface area contributed by atoms with Crippen molar-refractivity contribution in [1.82, 2.24) is 4.90 Å². The first-order valence-corrected chi connectivity index (χ1v) is 10.3.